The predicted molar refractivity (Wildman–Crippen MR) is 94.2 cm³/mol. The maximum absolute atomic E-state index is 11.1. The van der Waals surface area contributed by atoms with Crippen molar-refractivity contribution in [3.8, 4) is 5.75 Å². The van der Waals surface area contributed by atoms with Crippen LogP contribution in [-0.2, 0) is 0 Å². The Bertz CT molecular complexity index is 794. The van der Waals surface area contributed by atoms with Gasteiger partial charge in [0.15, 0.2) is 0 Å². The van der Waals surface area contributed by atoms with Crippen LogP contribution < -0.4 is 4.74 Å². The zero-order valence-corrected chi connectivity index (χ0v) is 14.2. The van der Waals surface area contributed by atoms with Crippen LogP contribution in [0.4, 0.5) is 0 Å². The SMILES string of the molecule is COc1ccc([C@H](O)[C@@H](c2ccccc2)n2nc(C)cc2C)cc1. The fraction of sp³-hybridized carbons (Fsp3) is 0.250. The van der Waals surface area contributed by atoms with Crippen molar-refractivity contribution >= 4 is 0 Å². The molecule has 3 aromatic rings. The molecule has 124 valence electrons. The molecule has 2 aromatic carbocycles. The van der Waals surface area contributed by atoms with E-state index in [9.17, 15) is 5.11 Å². The van der Waals surface area contributed by atoms with E-state index in [0.29, 0.717) is 0 Å². The zero-order chi connectivity index (χ0) is 17.1. The van der Waals surface area contributed by atoms with Crippen molar-refractivity contribution in [3.05, 3.63) is 83.2 Å². The van der Waals surface area contributed by atoms with Gasteiger partial charge in [0, 0.05) is 5.69 Å². The molecule has 4 nitrogen and oxygen atoms in total. The molecule has 24 heavy (non-hydrogen) atoms. The van der Waals surface area contributed by atoms with Gasteiger partial charge >= 0.3 is 0 Å². The highest BCUT2D eigenvalue weighted by atomic mass is 16.5. The van der Waals surface area contributed by atoms with Crippen LogP contribution in [0.25, 0.3) is 0 Å². The molecule has 0 unspecified atom stereocenters. The highest BCUT2D eigenvalue weighted by Gasteiger charge is 2.26. The second kappa shape index (κ2) is 6.89. The van der Waals surface area contributed by atoms with Crippen molar-refractivity contribution < 1.29 is 9.84 Å². The summed E-state index contributed by atoms with van der Waals surface area (Å²) >= 11 is 0. The maximum atomic E-state index is 11.1. The van der Waals surface area contributed by atoms with Crippen molar-refractivity contribution in [2.24, 2.45) is 0 Å². The molecule has 0 spiro atoms. The normalized spacial score (nSPS) is 13.5. The topological polar surface area (TPSA) is 47.3 Å². The van der Waals surface area contributed by atoms with Crippen molar-refractivity contribution in [3.63, 3.8) is 0 Å². The minimum absolute atomic E-state index is 0.284. The van der Waals surface area contributed by atoms with Crippen LogP contribution in [0.3, 0.4) is 0 Å². The van der Waals surface area contributed by atoms with Crippen LogP contribution in [-0.4, -0.2) is 22.0 Å². The van der Waals surface area contributed by atoms with Gasteiger partial charge in [0.25, 0.3) is 0 Å². The summed E-state index contributed by atoms with van der Waals surface area (Å²) in [4.78, 5) is 0. The fourth-order valence-corrected chi connectivity index (χ4v) is 3.02. The van der Waals surface area contributed by atoms with Gasteiger partial charge in [-0.05, 0) is 43.2 Å². The second-order valence-corrected chi connectivity index (χ2v) is 5.95. The van der Waals surface area contributed by atoms with Gasteiger partial charge in [-0.1, -0.05) is 42.5 Å². The van der Waals surface area contributed by atoms with E-state index in [4.69, 9.17) is 4.74 Å². The number of aliphatic hydroxyl groups is 1. The van der Waals surface area contributed by atoms with Crippen molar-refractivity contribution in [1.82, 2.24) is 9.78 Å². The van der Waals surface area contributed by atoms with Crippen LogP contribution in [0.5, 0.6) is 5.75 Å². The van der Waals surface area contributed by atoms with Crippen LogP contribution in [0.1, 0.15) is 34.7 Å². The van der Waals surface area contributed by atoms with Crippen LogP contribution in [0.2, 0.25) is 0 Å². The monoisotopic (exact) mass is 322 g/mol. The smallest absolute Gasteiger partial charge is 0.118 e. The maximum Gasteiger partial charge on any atom is 0.118 e. The largest absolute Gasteiger partial charge is 0.497 e. The number of aryl methyl sites for hydroxylation is 2. The molecular weight excluding hydrogens is 300 g/mol. The van der Waals surface area contributed by atoms with Crippen molar-refractivity contribution in [2.45, 2.75) is 26.0 Å². The molecule has 0 amide bonds. The summed E-state index contributed by atoms with van der Waals surface area (Å²) in [5.74, 6) is 0.772. The Hall–Kier alpha value is -2.59. The van der Waals surface area contributed by atoms with Gasteiger partial charge in [-0.15, -0.1) is 0 Å². The lowest BCUT2D eigenvalue weighted by molar-refractivity contribution is 0.124. The third-order valence-electron chi connectivity index (χ3n) is 4.21. The van der Waals surface area contributed by atoms with E-state index in [1.165, 1.54) is 0 Å². The average Bonchev–Trinajstić information content (AvgIpc) is 2.94. The Morgan fingerprint density at radius 1 is 0.958 bits per heavy atom. The van der Waals surface area contributed by atoms with Gasteiger partial charge in [0.1, 0.15) is 17.9 Å². The lowest BCUT2D eigenvalue weighted by atomic mass is 9.95. The molecule has 0 bridgehead atoms. The van der Waals surface area contributed by atoms with E-state index in [1.54, 1.807) is 7.11 Å². The number of rotatable bonds is 5. The first-order chi connectivity index (χ1) is 11.6. The first-order valence-corrected chi connectivity index (χ1v) is 8.00. The summed E-state index contributed by atoms with van der Waals surface area (Å²) in [6.07, 6.45) is -0.712. The number of hydrogen-bond donors (Lipinski definition) is 1. The first kappa shape index (κ1) is 16.3. The summed E-state index contributed by atoms with van der Waals surface area (Å²) < 4.78 is 7.10. The Kier molecular flexibility index (Phi) is 4.67. The lowest BCUT2D eigenvalue weighted by Gasteiger charge is -2.25. The molecule has 1 N–H and O–H groups in total. The van der Waals surface area contributed by atoms with E-state index in [1.807, 2.05) is 79.2 Å². The molecule has 3 rings (SSSR count). The van der Waals surface area contributed by atoms with E-state index in [0.717, 1.165) is 28.3 Å². The molecule has 2 atom stereocenters. The van der Waals surface area contributed by atoms with Gasteiger partial charge in [-0.2, -0.15) is 5.10 Å². The molecule has 0 saturated heterocycles. The quantitative estimate of drug-likeness (QED) is 0.776. The van der Waals surface area contributed by atoms with E-state index < -0.39 is 6.10 Å². The lowest BCUT2D eigenvalue weighted by Crippen LogP contribution is -2.21. The first-order valence-electron chi connectivity index (χ1n) is 8.00. The molecular formula is C20H22N2O2. The third kappa shape index (κ3) is 3.19. The van der Waals surface area contributed by atoms with Crippen molar-refractivity contribution in [2.75, 3.05) is 7.11 Å². The molecule has 0 aliphatic heterocycles. The van der Waals surface area contributed by atoms with Crippen LogP contribution in [0.15, 0.2) is 60.7 Å². The number of aliphatic hydroxyl groups excluding tert-OH is 1. The number of ether oxygens (including phenoxy) is 1. The molecule has 0 aliphatic carbocycles. The van der Waals surface area contributed by atoms with E-state index >= 15 is 0 Å². The molecule has 0 fully saturated rings. The zero-order valence-electron chi connectivity index (χ0n) is 14.2. The Labute approximate surface area is 142 Å². The molecule has 0 aliphatic rings. The predicted octanol–water partition coefficient (Wildman–Crippen LogP) is 3.83. The summed E-state index contributed by atoms with van der Waals surface area (Å²) in [5.41, 5.74) is 3.81. The van der Waals surface area contributed by atoms with E-state index in [2.05, 4.69) is 5.10 Å². The van der Waals surface area contributed by atoms with Gasteiger partial charge in [0.2, 0.25) is 0 Å². The molecule has 1 heterocycles. The standard InChI is InChI=1S/C20H22N2O2/c1-14-13-15(2)22(21-14)19(16-7-5-4-6-8-16)20(23)17-9-11-18(24-3)12-10-17/h4-13,19-20,23H,1-3H3/t19-,20+/m1/s1. The fourth-order valence-electron chi connectivity index (χ4n) is 3.02. The van der Waals surface area contributed by atoms with E-state index in [-0.39, 0.29) is 6.04 Å². The Morgan fingerprint density at radius 2 is 1.62 bits per heavy atom. The van der Waals surface area contributed by atoms with Gasteiger partial charge in [-0.3, -0.25) is 4.68 Å². The number of hydrogen-bond acceptors (Lipinski definition) is 3. The molecule has 0 radical (unpaired) electrons. The number of benzene rings is 2. The average molecular weight is 322 g/mol. The van der Waals surface area contributed by atoms with Crippen molar-refractivity contribution in [1.29, 1.82) is 0 Å². The summed E-state index contributed by atoms with van der Waals surface area (Å²) in [6, 6.07) is 19.2. The van der Waals surface area contributed by atoms with Crippen LogP contribution >= 0.6 is 0 Å². The second-order valence-electron chi connectivity index (χ2n) is 5.95. The Morgan fingerprint density at radius 3 is 2.17 bits per heavy atom. The number of aromatic nitrogens is 2. The summed E-state index contributed by atoms with van der Waals surface area (Å²) in [6.45, 7) is 3.97. The molecule has 4 heteroatoms. The highest BCUT2D eigenvalue weighted by molar-refractivity contribution is 5.32. The summed E-state index contributed by atoms with van der Waals surface area (Å²) in [5, 5.41) is 15.7. The van der Waals surface area contributed by atoms with Gasteiger partial charge in [0.05, 0.1) is 12.8 Å². The molecule has 1 aromatic heterocycles. The number of nitrogens with zero attached hydrogens (tertiary/aromatic N) is 2. The molecule has 0 saturated carbocycles. The minimum Gasteiger partial charge on any atom is -0.497 e. The summed E-state index contributed by atoms with van der Waals surface area (Å²) in [7, 11) is 1.63. The number of methoxy groups -OCH3 is 1. The van der Waals surface area contributed by atoms with Crippen LogP contribution in [0, 0.1) is 13.8 Å². The van der Waals surface area contributed by atoms with Gasteiger partial charge in [-0.25, -0.2) is 0 Å². The Balaban J connectivity index is 2.05. The van der Waals surface area contributed by atoms with Gasteiger partial charge < -0.3 is 9.84 Å². The third-order valence-corrected chi connectivity index (χ3v) is 4.21. The minimum atomic E-state index is -0.712. The highest BCUT2D eigenvalue weighted by Crippen LogP contribution is 2.33.